The van der Waals surface area contributed by atoms with E-state index in [2.05, 4.69) is 5.32 Å². The molecule has 0 bridgehead atoms. The Labute approximate surface area is 93.8 Å². The third-order valence-corrected chi connectivity index (χ3v) is 3.43. The molecule has 2 nitrogen and oxygen atoms in total. The molecule has 0 spiro atoms. The van der Waals surface area contributed by atoms with Crippen LogP contribution in [0, 0.1) is 17.0 Å². The van der Waals surface area contributed by atoms with Crippen molar-refractivity contribution in [2.24, 2.45) is 11.1 Å². The number of hydrogen-bond acceptors (Lipinski definition) is 2. The van der Waals surface area contributed by atoms with Crippen LogP contribution in [0.25, 0.3) is 0 Å². The lowest BCUT2D eigenvalue weighted by atomic mass is 9.69. The molecule has 4 heteroatoms. The molecule has 1 saturated carbocycles. The van der Waals surface area contributed by atoms with Gasteiger partial charge in [-0.2, -0.15) is 0 Å². The molecule has 1 aliphatic rings. The van der Waals surface area contributed by atoms with Crippen LogP contribution >= 0.6 is 0 Å². The summed E-state index contributed by atoms with van der Waals surface area (Å²) in [4.78, 5) is 0. The molecule has 0 saturated heterocycles. The van der Waals surface area contributed by atoms with Crippen molar-refractivity contribution < 1.29 is 8.78 Å². The van der Waals surface area contributed by atoms with E-state index in [1.807, 2.05) is 0 Å². The minimum atomic E-state index is -0.819. The second kappa shape index (κ2) is 4.37. The molecule has 0 aliphatic heterocycles. The number of nitrogens with one attached hydrogen (secondary N) is 1. The van der Waals surface area contributed by atoms with Crippen molar-refractivity contribution in [3.63, 3.8) is 0 Å². The molecule has 0 atom stereocenters. The third-order valence-electron chi connectivity index (χ3n) is 3.43. The van der Waals surface area contributed by atoms with Crippen LogP contribution in [0.3, 0.4) is 0 Å². The molecule has 0 amide bonds. The van der Waals surface area contributed by atoms with Crippen LogP contribution in [0.15, 0.2) is 18.2 Å². The fraction of sp³-hybridized carbons (Fsp3) is 0.500. The smallest absolute Gasteiger partial charge is 0.160 e. The van der Waals surface area contributed by atoms with Crippen molar-refractivity contribution in [1.29, 1.82) is 0 Å². The van der Waals surface area contributed by atoms with E-state index in [0.29, 0.717) is 12.2 Å². The molecule has 0 unspecified atom stereocenters. The van der Waals surface area contributed by atoms with Crippen molar-refractivity contribution in [3.8, 4) is 0 Å². The first kappa shape index (κ1) is 11.3. The van der Waals surface area contributed by atoms with Gasteiger partial charge in [-0.1, -0.05) is 6.42 Å². The van der Waals surface area contributed by atoms with Gasteiger partial charge in [0.1, 0.15) is 0 Å². The van der Waals surface area contributed by atoms with Crippen molar-refractivity contribution >= 4 is 5.69 Å². The summed E-state index contributed by atoms with van der Waals surface area (Å²) in [6, 6.07) is 3.85. The Bertz CT molecular complexity index is 370. The number of rotatable bonds is 4. The van der Waals surface area contributed by atoms with Crippen LogP contribution in [-0.2, 0) is 0 Å². The summed E-state index contributed by atoms with van der Waals surface area (Å²) in [6.07, 6.45) is 3.43. The summed E-state index contributed by atoms with van der Waals surface area (Å²) in [7, 11) is 0. The van der Waals surface area contributed by atoms with Crippen molar-refractivity contribution in [2.75, 3.05) is 18.4 Å². The van der Waals surface area contributed by atoms with Gasteiger partial charge >= 0.3 is 0 Å². The summed E-state index contributed by atoms with van der Waals surface area (Å²) < 4.78 is 25.6. The number of anilines is 1. The van der Waals surface area contributed by atoms with Crippen molar-refractivity contribution in [3.05, 3.63) is 29.8 Å². The zero-order valence-electron chi connectivity index (χ0n) is 9.10. The van der Waals surface area contributed by atoms with Gasteiger partial charge in [0.15, 0.2) is 11.6 Å². The lowest BCUT2D eigenvalue weighted by molar-refractivity contribution is 0.163. The molecule has 1 aromatic rings. The Kier molecular flexibility index (Phi) is 3.10. The molecule has 1 fully saturated rings. The van der Waals surface area contributed by atoms with E-state index in [-0.39, 0.29) is 5.41 Å². The lowest BCUT2D eigenvalue weighted by Gasteiger charge is -2.41. The largest absolute Gasteiger partial charge is 0.384 e. The number of nitrogens with two attached hydrogens (primary N) is 1. The lowest BCUT2D eigenvalue weighted by Crippen LogP contribution is -2.42. The highest BCUT2D eigenvalue weighted by Crippen LogP contribution is 2.39. The molecular weight excluding hydrogens is 210 g/mol. The second-order valence-corrected chi connectivity index (χ2v) is 4.54. The summed E-state index contributed by atoms with van der Waals surface area (Å²) in [6.45, 7) is 1.37. The average Bonchev–Trinajstić information content (AvgIpc) is 2.22. The van der Waals surface area contributed by atoms with Crippen LogP contribution in [0.4, 0.5) is 14.5 Å². The van der Waals surface area contributed by atoms with E-state index in [0.717, 1.165) is 25.5 Å². The maximum Gasteiger partial charge on any atom is 0.160 e. The number of benzene rings is 1. The molecule has 0 heterocycles. The first-order valence-corrected chi connectivity index (χ1v) is 5.54. The minimum Gasteiger partial charge on any atom is -0.384 e. The Morgan fingerprint density at radius 3 is 2.50 bits per heavy atom. The minimum absolute atomic E-state index is 0.158. The maximum absolute atomic E-state index is 12.9. The van der Waals surface area contributed by atoms with Crippen LogP contribution in [-0.4, -0.2) is 13.1 Å². The molecule has 1 aromatic carbocycles. The zero-order chi connectivity index (χ0) is 11.6. The number of halogens is 2. The molecular formula is C12H16F2N2. The molecule has 0 aromatic heterocycles. The van der Waals surface area contributed by atoms with E-state index in [4.69, 9.17) is 5.73 Å². The molecule has 2 rings (SSSR count). The third kappa shape index (κ3) is 2.16. The van der Waals surface area contributed by atoms with E-state index >= 15 is 0 Å². The van der Waals surface area contributed by atoms with Gasteiger partial charge in [-0.3, -0.25) is 0 Å². The molecule has 88 valence electrons. The fourth-order valence-corrected chi connectivity index (χ4v) is 2.03. The van der Waals surface area contributed by atoms with Crippen LogP contribution in [0.2, 0.25) is 0 Å². The fourth-order valence-electron chi connectivity index (χ4n) is 2.03. The van der Waals surface area contributed by atoms with Gasteiger partial charge in [-0.15, -0.1) is 0 Å². The highest BCUT2D eigenvalue weighted by Gasteiger charge is 2.35. The van der Waals surface area contributed by atoms with E-state index in [9.17, 15) is 8.78 Å². The highest BCUT2D eigenvalue weighted by atomic mass is 19.2. The standard InChI is InChI=1S/C12H16F2N2/c13-10-3-2-9(6-11(10)14)16-8-12(7-15)4-1-5-12/h2-3,6,16H,1,4-5,7-8,15H2. The van der Waals surface area contributed by atoms with Gasteiger partial charge < -0.3 is 11.1 Å². The summed E-state index contributed by atoms with van der Waals surface area (Å²) in [5.74, 6) is -1.64. The first-order chi connectivity index (χ1) is 7.65. The van der Waals surface area contributed by atoms with E-state index in [1.165, 1.54) is 12.5 Å². The molecule has 16 heavy (non-hydrogen) atoms. The topological polar surface area (TPSA) is 38.0 Å². The van der Waals surface area contributed by atoms with E-state index < -0.39 is 11.6 Å². The predicted octanol–water partition coefficient (Wildman–Crippen LogP) is 2.51. The molecule has 0 radical (unpaired) electrons. The van der Waals surface area contributed by atoms with E-state index in [1.54, 1.807) is 6.07 Å². The Hall–Kier alpha value is -1.16. The highest BCUT2D eigenvalue weighted by molar-refractivity contribution is 5.43. The molecule has 1 aliphatic carbocycles. The van der Waals surface area contributed by atoms with Crippen LogP contribution < -0.4 is 11.1 Å². The van der Waals surface area contributed by atoms with Gasteiger partial charge in [-0.05, 0) is 43.0 Å². The second-order valence-electron chi connectivity index (χ2n) is 4.54. The Morgan fingerprint density at radius 1 is 1.25 bits per heavy atom. The SMILES string of the molecule is NCC1(CNc2ccc(F)c(F)c2)CCC1. The summed E-state index contributed by atoms with van der Waals surface area (Å²) >= 11 is 0. The molecule has 3 N–H and O–H groups in total. The van der Waals surface area contributed by atoms with Crippen molar-refractivity contribution in [1.82, 2.24) is 0 Å². The Balaban J connectivity index is 1.96. The zero-order valence-corrected chi connectivity index (χ0v) is 9.10. The van der Waals surface area contributed by atoms with Crippen molar-refractivity contribution in [2.45, 2.75) is 19.3 Å². The van der Waals surface area contributed by atoms with Gasteiger partial charge in [0, 0.05) is 12.2 Å². The van der Waals surface area contributed by atoms with Crippen LogP contribution in [0.1, 0.15) is 19.3 Å². The van der Waals surface area contributed by atoms with Gasteiger partial charge in [0.05, 0.1) is 0 Å². The van der Waals surface area contributed by atoms with Gasteiger partial charge in [0.25, 0.3) is 0 Å². The average molecular weight is 226 g/mol. The summed E-state index contributed by atoms with van der Waals surface area (Å²) in [5, 5.41) is 3.12. The van der Waals surface area contributed by atoms with Crippen LogP contribution in [0.5, 0.6) is 0 Å². The monoisotopic (exact) mass is 226 g/mol. The maximum atomic E-state index is 12.9. The quantitative estimate of drug-likeness (QED) is 0.827. The summed E-state index contributed by atoms with van der Waals surface area (Å²) in [5.41, 5.74) is 6.48. The van der Waals surface area contributed by atoms with Gasteiger partial charge in [-0.25, -0.2) is 8.78 Å². The number of hydrogen-bond donors (Lipinski definition) is 2. The first-order valence-electron chi connectivity index (χ1n) is 5.54. The normalized spacial score (nSPS) is 17.9. The predicted molar refractivity (Wildman–Crippen MR) is 60.2 cm³/mol. The Morgan fingerprint density at radius 2 is 2.00 bits per heavy atom. The van der Waals surface area contributed by atoms with Gasteiger partial charge in [0.2, 0.25) is 0 Å².